The van der Waals surface area contributed by atoms with Gasteiger partial charge in [0, 0.05) is 11.4 Å². The summed E-state index contributed by atoms with van der Waals surface area (Å²) in [6, 6.07) is 10.1. The lowest BCUT2D eigenvalue weighted by Gasteiger charge is -2.14. The normalized spacial score (nSPS) is 15.5. The van der Waals surface area contributed by atoms with E-state index in [1.54, 1.807) is 18.7 Å². The number of H-pyrrole nitrogens is 1. The summed E-state index contributed by atoms with van der Waals surface area (Å²) in [5.41, 5.74) is 8.17. The van der Waals surface area contributed by atoms with Crippen LogP contribution in [0.15, 0.2) is 40.4 Å². The first-order valence-electron chi connectivity index (χ1n) is 8.50. The van der Waals surface area contributed by atoms with Crippen molar-refractivity contribution < 1.29 is 9.53 Å². The van der Waals surface area contributed by atoms with E-state index in [1.807, 2.05) is 44.2 Å². The van der Waals surface area contributed by atoms with Crippen molar-refractivity contribution in [2.24, 2.45) is 10.1 Å². The molecule has 26 heavy (non-hydrogen) atoms. The van der Waals surface area contributed by atoms with Gasteiger partial charge in [0.15, 0.2) is 5.17 Å². The zero-order chi connectivity index (χ0) is 18.5. The van der Waals surface area contributed by atoms with Crippen LogP contribution in [0.5, 0.6) is 0 Å². The molecule has 0 atom stereocenters. The number of esters is 1. The molecule has 0 radical (unpaired) electrons. The van der Waals surface area contributed by atoms with Crippen LogP contribution in [0.2, 0.25) is 0 Å². The Kier molecular flexibility index (Phi) is 5.78. The number of thioether (sulfide) groups is 1. The van der Waals surface area contributed by atoms with Gasteiger partial charge < -0.3 is 9.72 Å². The van der Waals surface area contributed by atoms with Gasteiger partial charge in [-0.05, 0) is 31.9 Å². The molecule has 0 saturated heterocycles. The van der Waals surface area contributed by atoms with Gasteiger partial charge in [-0.2, -0.15) is 5.10 Å². The third-order valence-electron chi connectivity index (χ3n) is 4.09. The number of amidine groups is 1. The van der Waals surface area contributed by atoms with Gasteiger partial charge in [-0.25, -0.2) is 4.79 Å². The molecule has 0 spiro atoms. The average molecular weight is 370 g/mol. The fraction of sp³-hybridized carbons (Fsp3) is 0.316. The molecule has 2 aromatic rings. The van der Waals surface area contributed by atoms with Crippen molar-refractivity contribution in [3.8, 4) is 0 Å². The number of nitrogens with zero attached hydrogens (tertiary/aromatic N) is 2. The molecule has 6 nitrogen and oxygen atoms in total. The van der Waals surface area contributed by atoms with E-state index in [0.717, 1.165) is 33.4 Å². The molecule has 0 saturated carbocycles. The van der Waals surface area contributed by atoms with Crippen LogP contribution in [0.4, 0.5) is 0 Å². The lowest BCUT2D eigenvalue weighted by atomic mass is 10.1. The Bertz CT molecular complexity index is 856. The zero-order valence-electron chi connectivity index (χ0n) is 15.1. The standard InChI is InChI=1S/C19H22N4O2S/c1-4-25-18(24)16-12(2)17(21-13(16)3)15-11-26-19(23-22-15)20-10-14-8-6-5-7-9-14/h5-9,21H,4,10-11H2,1-3H3,(H,20,23). The molecule has 2 N–H and O–H groups in total. The molecule has 1 aromatic carbocycles. The van der Waals surface area contributed by atoms with Gasteiger partial charge >= 0.3 is 5.97 Å². The summed E-state index contributed by atoms with van der Waals surface area (Å²) >= 11 is 1.60. The van der Waals surface area contributed by atoms with Gasteiger partial charge in [-0.1, -0.05) is 42.1 Å². The second kappa shape index (κ2) is 8.23. The van der Waals surface area contributed by atoms with E-state index in [4.69, 9.17) is 4.74 Å². The number of rotatable bonds is 5. The lowest BCUT2D eigenvalue weighted by Crippen LogP contribution is -2.26. The SMILES string of the molecule is CCOC(=O)c1c(C)[nH]c(C2=NNC(=NCc3ccccc3)SC2)c1C. The maximum Gasteiger partial charge on any atom is 0.340 e. The minimum Gasteiger partial charge on any atom is -0.462 e. The first-order chi connectivity index (χ1) is 12.6. The van der Waals surface area contributed by atoms with E-state index < -0.39 is 0 Å². The molecule has 1 aliphatic heterocycles. The highest BCUT2D eigenvalue weighted by Gasteiger charge is 2.23. The maximum absolute atomic E-state index is 12.1. The fourth-order valence-electron chi connectivity index (χ4n) is 2.82. The summed E-state index contributed by atoms with van der Waals surface area (Å²) in [5, 5.41) is 5.24. The Morgan fingerprint density at radius 1 is 1.31 bits per heavy atom. The summed E-state index contributed by atoms with van der Waals surface area (Å²) in [4.78, 5) is 20.0. The van der Waals surface area contributed by atoms with Gasteiger partial charge in [0.25, 0.3) is 0 Å². The number of aliphatic imine (C=N–C) groups is 1. The van der Waals surface area contributed by atoms with Crippen molar-refractivity contribution in [1.82, 2.24) is 10.4 Å². The van der Waals surface area contributed by atoms with Crippen molar-refractivity contribution in [1.29, 1.82) is 0 Å². The Balaban J connectivity index is 1.73. The Morgan fingerprint density at radius 3 is 2.73 bits per heavy atom. The number of benzene rings is 1. The zero-order valence-corrected chi connectivity index (χ0v) is 15.9. The highest BCUT2D eigenvalue weighted by molar-refractivity contribution is 8.14. The quantitative estimate of drug-likeness (QED) is 0.791. The smallest absolute Gasteiger partial charge is 0.340 e. The van der Waals surface area contributed by atoms with Crippen LogP contribution >= 0.6 is 11.8 Å². The van der Waals surface area contributed by atoms with Gasteiger partial charge in [-0.15, -0.1) is 0 Å². The monoisotopic (exact) mass is 370 g/mol. The van der Waals surface area contributed by atoms with E-state index in [9.17, 15) is 4.79 Å². The Morgan fingerprint density at radius 2 is 2.08 bits per heavy atom. The molecule has 0 aliphatic carbocycles. The van der Waals surface area contributed by atoms with Crippen LogP contribution in [0, 0.1) is 13.8 Å². The molecule has 0 unspecified atom stereocenters. The second-order valence-corrected chi connectivity index (χ2v) is 6.88. The number of hydrogen-bond donors (Lipinski definition) is 2. The number of aromatic nitrogens is 1. The molecular weight excluding hydrogens is 348 g/mol. The molecule has 2 heterocycles. The largest absolute Gasteiger partial charge is 0.462 e. The topological polar surface area (TPSA) is 78.8 Å². The van der Waals surface area contributed by atoms with Crippen molar-refractivity contribution in [2.45, 2.75) is 27.3 Å². The van der Waals surface area contributed by atoms with Crippen LogP contribution in [-0.4, -0.2) is 34.2 Å². The van der Waals surface area contributed by atoms with Gasteiger partial charge in [0.1, 0.15) is 0 Å². The molecule has 1 aliphatic rings. The summed E-state index contributed by atoms with van der Waals surface area (Å²) in [5.74, 6) is 0.385. The van der Waals surface area contributed by atoms with Gasteiger partial charge in [0.05, 0.1) is 30.1 Å². The van der Waals surface area contributed by atoms with Crippen LogP contribution in [0.3, 0.4) is 0 Å². The van der Waals surface area contributed by atoms with Gasteiger partial charge in [-0.3, -0.25) is 10.4 Å². The highest BCUT2D eigenvalue weighted by Crippen LogP contribution is 2.22. The average Bonchev–Trinajstić information content (AvgIpc) is 2.96. The van der Waals surface area contributed by atoms with E-state index in [2.05, 4.69) is 20.5 Å². The molecule has 0 amide bonds. The molecule has 136 valence electrons. The van der Waals surface area contributed by atoms with Crippen molar-refractivity contribution in [3.05, 3.63) is 58.4 Å². The number of carbonyl (C=O) groups is 1. The van der Waals surface area contributed by atoms with Crippen LogP contribution < -0.4 is 5.43 Å². The van der Waals surface area contributed by atoms with E-state index in [-0.39, 0.29) is 5.97 Å². The fourth-order valence-corrected chi connectivity index (χ4v) is 3.57. The summed E-state index contributed by atoms with van der Waals surface area (Å²) in [6.45, 7) is 6.57. The van der Waals surface area contributed by atoms with E-state index >= 15 is 0 Å². The number of nitrogens with one attached hydrogen (secondary N) is 2. The predicted molar refractivity (Wildman–Crippen MR) is 106 cm³/mol. The van der Waals surface area contributed by atoms with Crippen LogP contribution in [0.1, 0.15) is 39.8 Å². The highest BCUT2D eigenvalue weighted by atomic mass is 32.2. The second-order valence-electron chi connectivity index (χ2n) is 5.91. The van der Waals surface area contributed by atoms with Crippen LogP contribution in [0.25, 0.3) is 0 Å². The van der Waals surface area contributed by atoms with Crippen molar-refractivity contribution in [3.63, 3.8) is 0 Å². The summed E-state index contributed by atoms with van der Waals surface area (Å²) in [6.07, 6.45) is 0. The number of hydrogen-bond acceptors (Lipinski definition) is 5. The van der Waals surface area contributed by atoms with Crippen molar-refractivity contribution in [2.75, 3.05) is 12.4 Å². The van der Waals surface area contributed by atoms with E-state index in [1.165, 1.54) is 0 Å². The first kappa shape index (κ1) is 18.3. The summed E-state index contributed by atoms with van der Waals surface area (Å²) in [7, 11) is 0. The van der Waals surface area contributed by atoms with Gasteiger partial charge in [0.2, 0.25) is 0 Å². The molecular formula is C19H22N4O2S. The molecule has 7 heteroatoms. The maximum atomic E-state index is 12.1. The van der Waals surface area contributed by atoms with Crippen molar-refractivity contribution >= 4 is 28.6 Å². The number of ether oxygens (including phenoxy) is 1. The molecule has 1 aromatic heterocycles. The lowest BCUT2D eigenvalue weighted by molar-refractivity contribution is 0.0525. The number of aromatic amines is 1. The summed E-state index contributed by atoms with van der Waals surface area (Å²) < 4.78 is 5.14. The number of carbonyl (C=O) groups excluding carboxylic acids is 1. The molecule has 3 rings (SSSR count). The predicted octanol–water partition coefficient (Wildman–Crippen LogP) is 3.40. The minimum atomic E-state index is -0.299. The van der Waals surface area contributed by atoms with Crippen LogP contribution in [-0.2, 0) is 11.3 Å². The number of hydrazone groups is 1. The number of aryl methyl sites for hydroxylation is 1. The third kappa shape index (κ3) is 3.99. The molecule has 0 bridgehead atoms. The third-order valence-corrected chi connectivity index (χ3v) is 5.00. The Hall–Kier alpha value is -2.54. The minimum absolute atomic E-state index is 0.299. The molecule has 0 fully saturated rings. The first-order valence-corrected chi connectivity index (χ1v) is 9.49. The van der Waals surface area contributed by atoms with E-state index in [0.29, 0.717) is 24.5 Å². The Labute approximate surface area is 157 Å².